The van der Waals surface area contributed by atoms with Crippen LogP contribution in [0.1, 0.15) is 22.8 Å². The van der Waals surface area contributed by atoms with Crippen LogP contribution < -0.4 is 0 Å². The number of aliphatic hydroxyl groups is 1. The van der Waals surface area contributed by atoms with Crippen LogP contribution in [0, 0.1) is 6.92 Å². The molecule has 1 atom stereocenters. The molecule has 4 nitrogen and oxygen atoms in total. The number of piperazine rings is 1. The number of aryl methyl sites for hydroxylation is 1. The molecule has 0 spiro atoms. The first-order valence-corrected chi connectivity index (χ1v) is 7.72. The van der Waals surface area contributed by atoms with Gasteiger partial charge in [0.2, 0.25) is 0 Å². The lowest BCUT2D eigenvalue weighted by atomic mass is 10.1. The van der Waals surface area contributed by atoms with Crippen molar-refractivity contribution in [2.75, 3.05) is 32.7 Å². The Hall–Kier alpha value is -0.910. The molecule has 110 valence electrons. The van der Waals surface area contributed by atoms with Gasteiger partial charge in [-0.3, -0.25) is 9.69 Å². The number of β-amino-alcohol motifs (C(OH)–C–C–N with tert-alkyl or cyclic N) is 1. The van der Waals surface area contributed by atoms with Crippen molar-refractivity contribution in [3.05, 3.63) is 33.8 Å². The fourth-order valence-corrected chi connectivity index (χ4v) is 3.02. The third-order valence-electron chi connectivity index (χ3n) is 3.60. The van der Waals surface area contributed by atoms with E-state index in [4.69, 9.17) is 0 Å². The Morgan fingerprint density at radius 1 is 1.35 bits per heavy atom. The largest absolute Gasteiger partial charge is 0.392 e. The van der Waals surface area contributed by atoms with Crippen molar-refractivity contribution in [3.8, 4) is 0 Å². The summed E-state index contributed by atoms with van der Waals surface area (Å²) in [4.78, 5) is 16.6. The lowest BCUT2D eigenvalue weighted by Gasteiger charge is -2.35. The molecule has 0 bridgehead atoms. The maximum Gasteiger partial charge on any atom is 0.254 e. The van der Waals surface area contributed by atoms with E-state index in [1.165, 1.54) is 0 Å². The number of hydrogen-bond acceptors (Lipinski definition) is 3. The van der Waals surface area contributed by atoms with E-state index in [1.54, 1.807) is 6.92 Å². The molecule has 0 saturated carbocycles. The summed E-state index contributed by atoms with van der Waals surface area (Å²) < 4.78 is 0.994. The van der Waals surface area contributed by atoms with Gasteiger partial charge in [-0.25, -0.2) is 0 Å². The maximum atomic E-state index is 12.5. The Kier molecular flexibility index (Phi) is 5.18. The van der Waals surface area contributed by atoms with Crippen LogP contribution in [0.15, 0.2) is 22.7 Å². The number of amides is 1. The zero-order chi connectivity index (χ0) is 14.7. The van der Waals surface area contributed by atoms with Gasteiger partial charge < -0.3 is 10.0 Å². The molecule has 5 heteroatoms. The molecule has 1 N–H and O–H groups in total. The van der Waals surface area contributed by atoms with Gasteiger partial charge in [0.25, 0.3) is 5.91 Å². The van der Waals surface area contributed by atoms with E-state index in [9.17, 15) is 9.90 Å². The lowest BCUT2D eigenvalue weighted by molar-refractivity contribution is 0.0553. The molecule has 1 amide bonds. The zero-order valence-electron chi connectivity index (χ0n) is 12.0. The van der Waals surface area contributed by atoms with Crippen molar-refractivity contribution in [3.63, 3.8) is 0 Å². The molecular weight excluding hydrogens is 320 g/mol. The Balaban J connectivity index is 1.98. The van der Waals surface area contributed by atoms with E-state index >= 15 is 0 Å². The molecule has 1 saturated heterocycles. The van der Waals surface area contributed by atoms with Crippen LogP contribution in [-0.2, 0) is 0 Å². The number of carbonyl (C=O) groups is 1. The van der Waals surface area contributed by atoms with Gasteiger partial charge in [-0.05, 0) is 37.6 Å². The molecule has 1 heterocycles. The zero-order valence-corrected chi connectivity index (χ0v) is 13.6. The minimum absolute atomic E-state index is 0.103. The molecule has 0 radical (unpaired) electrons. The standard InChI is InChI=1S/C15H21BrN2O2/c1-11-9-13(16)3-4-14(11)15(20)18-7-5-17(6-8-18)10-12(2)19/h3-4,9,12,19H,5-8,10H2,1-2H3. The van der Waals surface area contributed by atoms with Crippen molar-refractivity contribution in [2.24, 2.45) is 0 Å². The second-order valence-electron chi connectivity index (χ2n) is 5.40. The number of hydrogen-bond donors (Lipinski definition) is 1. The first kappa shape index (κ1) is 15.5. The van der Waals surface area contributed by atoms with Crippen molar-refractivity contribution < 1.29 is 9.90 Å². The summed E-state index contributed by atoms with van der Waals surface area (Å²) in [7, 11) is 0. The maximum absolute atomic E-state index is 12.5. The number of benzene rings is 1. The molecule has 1 aromatic carbocycles. The predicted octanol–water partition coefficient (Wildman–Crippen LogP) is 1.90. The van der Waals surface area contributed by atoms with E-state index < -0.39 is 0 Å². The van der Waals surface area contributed by atoms with Gasteiger partial charge >= 0.3 is 0 Å². The lowest BCUT2D eigenvalue weighted by Crippen LogP contribution is -2.50. The summed E-state index contributed by atoms with van der Waals surface area (Å²) in [5.41, 5.74) is 1.77. The summed E-state index contributed by atoms with van der Waals surface area (Å²) in [6.45, 7) is 7.53. The van der Waals surface area contributed by atoms with E-state index in [0.717, 1.165) is 41.8 Å². The van der Waals surface area contributed by atoms with Crippen LogP contribution in [0.3, 0.4) is 0 Å². The third kappa shape index (κ3) is 3.81. The minimum Gasteiger partial charge on any atom is -0.392 e. The summed E-state index contributed by atoms with van der Waals surface area (Å²) in [5.74, 6) is 0.103. The number of rotatable bonds is 3. The normalized spacial score (nSPS) is 18.1. The topological polar surface area (TPSA) is 43.8 Å². The Morgan fingerprint density at radius 2 is 2.00 bits per heavy atom. The summed E-state index contributed by atoms with van der Waals surface area (Å²) in [6.07, 6.45) is -0.314. The molecule has 0 aromatic heterocycles. The SMILES string of the molecule is Cc1cc(Br)ccc1C(=O)N1CCN(CC(C)O)CC1. The number of nitrogens with zero attached hydrogens (tertiary/aromatic N) is 2. The number of carbonyl (C=O) groups excluding carboxylic acids is 1. The van der Waals surface area contributed by atoms with Crippen LogP contribution in [0.4, 0.5) is 0 Å². The van der Waals surface area contributed by atoms with Crippen molar-refractivity contribution in [1.29, 1.82) is 0 Å². The first-order valence-electron chi connectivity index (χ1n) is 6.93. The predicted molar refractivity (Wildman–Crippen MR) is 82.9 cm³/mol. The molecular formula is C15H21BrN2O2. The summed E-state index contributed by atoms with van der Waals surface area (Å²) >= 11 is 3.42. The molecule has 20 heavy (non-hydrogen) atoms. The highest BCUT2D eigenvalue weighted by Crippen LogP contribution is 2.18. The summed E-state index contributed by atoms with van der Waals surface area (Å²) in [6, 6.07) is 5.75. The minimum atomic E-state index is -0.314. The number of aliphatic hydroxyl groups excluding tert-OH is 1. The van der Waals surface area contributed by atoms with E-state index in [0.29, 0.717) is 6.54 Å². The van der Waals surface area contributed by atoms with E-state index in [1.807, 2.05) is 30.0 Å². The van der Waals surface area contributed by atoms with Gasteiger partial charge in [0.15, 0.2) is 0 Å². The number of halogens is 1. The highest BCUT2D eigenvalue weighted by atomic mass is 79.9. The van der Waals surface area contributed by atoms with Crippen molar-refractivity contribution >= 4 is 21.8 Å². The van der Waals surface area contributed by atoms with Crippen LogP contribution in [-0.4, -0.2) is 59.6 Å². The van der Waals surface area contributed by atoms with Gasteiger partial charge in [-0.2, -0.15) is 0 Å². The molecule has 1 aromatic rings. The average Bonchev–Trinajstić information content (AvgIpc) is 2.38. The highest BCUT2D eigenvalue weighted by Gasteiger charge is 2.23. The average molecular weight is 341 g/mol. The van der Waals surface area contributed by atoms with Crippen molar-refractivity contribution in [1.82, 2.24) is 9.80 Å². The highest BCUT2D eigenvalue weighted by molar-refractivity contribution is 9.10. The van der Waals surface area contributed by atoms with E-state index in [2.05, 4.69) is 20.8 Å². The van der Waals surface area contributed by atoms with Gasteiger partial charge in [0.1, 0.15) is 0 Å². The molecule has 1 aliphatic heterocycles. The molecule has 2 rings (SSSR count). The van der Waals surface area contributed by atoms with Gasteiger partial charge in [-0.15, -0.1) is 0 Å². The first-order chi connectivity index (χ1) is 9.47. The van der Waals surface area contributed by atoms with Crippen LogP contribution in [0.25, 0.3) is 0 Å². The molecule has 1 fully saturated rings. The Labute approximate surface area is 128 Å². The fraction of sp³-hybridized carbons (Fsp3) is 0.533. The van der Waals surface area contributed by atoms with Crippen LogP contribution in [0.2, 0.25) is 0 Å². The van der Waals surface area contributed by atoms with Gasteiger partial charge in [-0.1, -0.05) is 15.9 Å². The second-order valence-corrected chi connectivity index (χ2v) is 6.32. The second kappa shape index (κ2) is 6.70. The van der Waals surface area contributed by atoms with Gasteiger partial charge in [0, 0.05) is 42.8 Å². The Bertz CT molecular complexity index is 483. The molecule has 1 aliphatic rings. The van der Waals surface area contributed by atoms with Gasteiger partial charge in [0.05, 0.1) is 6.10 Å². The monoisotopic (exact) mass is 340 g/mol. The van der Waals surface area contributed by atoms with Crippen LogP contribution in [0.5, 0.6) is 0 Å². The van der Waals surface area contributed by atoms with E-state index in [-0.39, 0.29) is 12.0 Å². The van der Waals surface area contributed by atoms with Crippen LogP contribution >= 0.6 is 15.9 Å². The summed E-state index contributed by atoms with van der Waals surface area (Å²) in [5, 5.41) is 9.39. The van der Waals surface area contributed by atoms with Crippen molar-refractivity contribution in [2.45, 2.75) is 20.0 Å². The third-order valence-corrected chi connectivity index (χ3v) is 4.09. The Morgan fingerprint density at radius 3 is 2.55 bits per heavy atom. The molecule has 0 aliphatic carbocycles. The quantitative estimate of drug-likeness (QED) is 0.913. The fourth-order valence-electron chi connectivity index (χ4n) is 2.54. The smallest absolute Gasteiger partial charge is 0.254 e. The molecule has 1 unspecified atom stereocenters.